The van der Waals surface area contributed by atoms with Crippen molar-refractivity contribution in [1.82, 2.24) is 0 Å². The van der Waals surface area contributed by atoms with Gasteiger partial charge in [0.05, 0.1) is 0 Å². The zero-order chi connectivity index (χ0) is 20.8. The third-order valence-corrected chi connectivity index (χ3v) is 5.28. The van der Waals surface area contributed by atoms with Crippen LogP contribution in [0.15, 0.2) is 110 Å². The molecule has 4 rings (SSSR count). The first-order chi connectivity index (χ1) is 14.8. The molecule has 0 unspecified atom stereocenters. The molecule has 0 aliphatic rings. The highest BCUT2D eigenvalue weighted by Gasteiger charge is 2.22. The van der Waals surface area contributed by atoms with Crippen molar-refractivity contribution in [2.75, 3.05) is 0 Å². The molecule has 146 valence electrons. The quantitative estimate of drug-likeness (QED) is 0.378. The van der Waals surface area contributed by atoms with Gasteiger partial charge in [0.25, 0.3) is 11.4 Å². The third-order valence-electron chi connectivity index (χ3n) is 5.28. The predicted octanol–water partition coefficient (Wildman–Crippen LogP) is 5.31. The van der Waals surface area contributed by atoms with Crippen LogP contribution in [0, 0.1) is 0 Å². The zero-order valence-electron chi connectivity index (χ0n) is 17.1. The van der Waals surface area contributed by atoms with Crippen molar-refractivity contribution in [1.29, 1.82) is 0 Å². The number of hydrogen-bond acceptors (Lipinski definition) is 0. The third kappa shape index (κ3) is 4.44. The molecule has 2 aromatic carbocycles. The molecule has 0 amide bonds. The van der Waals surface area contributed by atoms with E-state index >= 15 is 0 Å². The van der Waals surface area contributed by atoms with Gasteiger partial charge in [-0.2, -0.15) is 9.13 Å². The molecule has 4 aromatic rings. The lowest BCUT2D eigenvalue weighted by Gasteiger charge is -2.06. The minimum Gasteiger partial charge on any atom is -0.189 e. The van der Waals surface area contributed by atoms with E-state index < -0.39 is 0 Å². The Kier molecular flexibility index (Phi) is 5.95. The smallest absolute Gasteiger partial charge is 0.189 e. The zero-order valence-corrected chi connectivity index (χ0v) is 17.1. The molecule has 0 aliphatic heterocycles. The van der Waals surface area contributed by atoms with Gasteiger partial charge < -0.3 is 0 Å². The molecule has 2 nitrogen and oxygen atoms in total. The van der Waals surface area contributed by atoms with E-state index in [1.165, 1.54) is 22.5 Å². The number of benzene rings is 2. The largest absolute Gasteiger partial charge is 0.277 e. The predicted molar refractivity (Wildman–Crippen MR) is 124 cm³/mol. The number of nitrogens with zero attached hydrogens (tertiary/aromatic N) is 2. The molecular weight excluding hydrogens is 364 g/mol. The maximum absolute atomic E-state index is 3.84. The lowest BCUT2D eigenvalue weighted by atomic mass is 10.1. The van der Waals surface area contributed by atoms with E-state index in [2.05, 4.69) is 120 Å². The Hall–Kier alpha value is -3.78. The molecule has 0 saturated carbocycles. The molecule has 2 aromatic heterocycles. The van der Waals surface area contributed by atoms with Crippen molar-refractivity contribution < 1.29 is 9.13 Å². The molecule has 0 N–H and O–H groups in total. The van der Waals surface area contributed by atoms with E-state index in [1.54, 1.807) is 0 Å². The average molecular weight is 391 g/mol. The minimum atomic E-state index is 0.816. The molecule has 0 fully saturated rings. The Balaban J connectivity index is 1.67. The summed E-state index contributed by atoms with van der Waals surface area (Å²) in [6.45, 7) is 9.31. The molecule has 2 heteroatoms. The van der Waals surface area contributed by atoms with E-state index in [0.29, 0.717) is 0 Å². The molecular formula is C28H26N2+2. The van der Waals surface area contributed by atoms with E-state index in [0.717, 1.165) is 24.2 Å². The van der Waals surface area contributed by atoms with Gasteiger partial charge >= 0.3 is 0 Å². The van der Waals surface area contributed by atoms with Crippen molar-refractivity contribution >= 4 is 12.2 Å². The van der Waals surface area contributed by atoms with Crippen molar-refractivity contribution in [3.63, 3.8) is 0 Å². The summed E-state index contributed by atoms with van der Waals surface area (Å²) in [6.07, 6.45) is 8.04. The normalized spacial score (nSPS) is 10.5. The summed E-state index contributed by atoms with van der Waals surface area (Å²) in [4.78, 5) is 0. The lowest BCUT2D eigenvalue weighted by molar-refractivity contribution is -0.706. The lowest BCUT2D eigenvalue weighted by Crippen LogP contribution is -2.43. The van der Waals surface area contributed by atoms with Crippen molar-refractivity contribution in [2.45, 2.75) is 13.1 Å². The average Bonchev–Trinajstić information content (AvgIpc) is 2.81. The molecule has 0 saturated heterocycles. The minimum absolute atomic E-state index is 0.816. The molecule has 0 spiro atoms. The van der Waals surface area contributed by atoms with Crippen LogP contribution in [0.4, 0.5) is 0 Å². The van der Waals surface area contributed by atoms with Gasteiger partial charge in [0.2, 0.25) is 0 Å². The second-order valence-electron chi connectivity index (χ2n) is 7.32. The molecule has 2 heterocycles. The van der Waals surface area contributed by atoms with Crippen molar-refractivity contribution in [2.24, 2.45) is 0 Å². The maximum atomic E-state index is 3.84. The van der Waals surface area contributed by atoms with Crippen LogP contribution in [0.2, 0.25) is 0 Å². The first-order valence-corrected chi connectivity index (χ1v) is 10.2. The summed E-state index contributed by atoms with van der Waals surface area (Å²) in [5.74, 6) is 0. The fourth-order valence-electron chi connectivity index (χ4n) is 3.61. The van der Waals surface area contributed by atoms with Crippen LogP contribution >= 0.6 is 0 Å². The molecule has 30 heavy (non-hydrogen) atoms. The van der Waals surface area contributed by atoms with Gasteiger partial charge in [0, 0.05) is 35.4 Å². The van der Waals surface area contributed by atoms with Crippen molar-refractivity contribution in [3.05, 3.63) is 133 Å². The van der Waals surface area contributed by atoms with Gasteiger partial charge in [-0.3, -0.25) is 0 Å². The fraction of sp³-hybridized carbons (Fsp3) is 0.0714. The van der Waals surface area contributed by atoms with Gasteiger partial charge in [-0.25, -0.2) is 0 Å². The SMILES string of the molecule is C=Cc1ccc(C[n+]2ccccc2-c2cccc[n+]2Cc2ccc(C=C)cc2)cc1. The van der Waals surface area contributed by atoms with Crippen LogP contribution < -0.4 is 9.13 Å². The topological polar surface area (TPSA) is 7.76 Å². The number of rotatable bonds is 7. The Morgan fingerprint density at radius 2 is 0.933 bits per heavy atom. The van der Waals surface area contributed by atoms with Crippen LogP contribution in [0.1, 0.15) is 22.3 Å². The summed E-state index contributed by atoms with van der Waals surface area (Å²) in [5, 5.41) is 0. The summed E-state index contributed by atoms with van der Waals surface area (Å²) in [6, 6.07) is 29.9. The van der Waals surface area contributed by atoms with Gasteiger partial charge in [0.1, 0.15) is 0 Å². The first kappa shape index (κ1) is 19.5. The monoisotopic (exact) mass is 390 g/mol. The van der Waals surface area contributed by atoms with Crippen molar-refractivity contribution in [3.8, 4) is 11.4 Å². The van der Waals surface area contributed by atoms with E-state index in [4.69, 9.17) is 0 Å². The maximum Gasteiger partial charge on any atom is 0.277 e. The van der Waals surface area contributed by atoms with E-state index in [9.17, 15) is 0 Å². The Labute approximate surface area is 178 Å². The summed E-state index contributed by atoms with van der Waals surface area (Å²) < 4.78 is 4.60. The second kappa shape index (κ2) is 9.15. The molecule has 0 bridgehead atoms. The molecule has 0 aliphatic carbocycles. The van der Waals surface area contributed by atoms with E-state index in [-0.39, 0.29) is 0 Å². The van der Waals surface area contributed by atoms with Gasteiger partial charge in [-0.15, -0.1) is 0 Å². The molecule has 0 radical (unpaired) electrons. The van der Waals surface area contributed by atoms with Crippen LogP contribution in [0.5, 0.6) is 0 Å². The Morgan fingerprint density at radius 1 is 0.533 bits per heavy atom. The van der Waals surface area contributed by atoms with Crippen LogP contribution in [-0.4, -0.2) is 0 Å². The molecule has 0 atom stereocenters. The van der Waals surface area contributed by atoms with Crippen LogP contribution in [0.25, 0.3) is 23.5 Å². The highest BCUT2D eigenvalue weighted by Crippen LogP contribution is 2.13. The van der Waals surface area contributed by atoms with E-state index in [1.807, 2.05) is 12.2 Å². The van der Waals surface area contributed by atoms with Gasteiger partial charge in [-0.05, 0) is 23.3 Å². The standard InChI is InChI=1S/C28H26N2/c1-3-23-11-15-25(16-12-23)21-29-19-7-5-9-27(29)28-10-6-8-20-30(28)22-26-17-13-24(4-2)14-18-26/h3-20H,1-2,21-22H2/q+2. The summed E-state index contributed by atoms with van der Waals surface area (Å²) in [5.41, 5.74) is 7.18. The Bertz CT molecular complexity index is 1060. The number of hydrogen-bond donors (Lipinski definition) is 0. The number of pyridine rings is 2. The van der Waals surface area contributed by atoms with Crippen LogP contribution in [0.3, 0.4) is 0 Å². The highest BCUT2D eigenvalue weighted by molar-refractivity contribution is 5.48. The summed E-state index contributed by atoms with van der Waals surface area (Å²) >= 11 is 0. The van der Waals surface area contributed by atoms with Crippen LogP contribution in [-0.2, 0) is 13.1 Å². The van der Waals surface area contributed by atoms with Gasteiger partial charge in [0.15, 0.2) is 25.5 Å². The first-order valence-electron chi connectivity index (χ1n) is 10.2. The Morgan fingerprint density at radius 3 is 1.30 bits per heavy atom. The van der Waals surface area contributed by atoms with Gasteiger partial charge in [-0.1, -0.05) is 73.8 Å². The number of aromatic nitrogens is 2. The second-order valence-corrected chi connectivity index (χ2v) is 7.32. The fourth-order valence-corrected chi connectivity index (χ4v) is 3.61. The highest BCUT2D eigenvalue weighted by atomic mass is 15.0. The summed E-state index contributed by atoms with van der Waals surface area (Å²) in [7, 11) is 0.